The van der Waals surface area contributed by atoms with E-state index in [0.29, 0.717) is 0 Å². The Bertz CT molecular complexity index is 1060. The molecular weight excluding hydrogens is 366 g/mol. The van der Waals surface area contributed by atoms with Crippen LogP contribution in [0.25, 0.3) is 11.0 Å². The van der Waals surface area contributed by atoms with Crippen LogP contribution in [-0.4, -0.2) is 52.3 Å². The van der Waals surface area contributed by atoms with Crippen molar-refractivity contribution >= 4 is 28.7 Å². The van der Waals surface area contributed by atoms with Gasteiger partial charge in [0, 0.05) is 36.6 Å². The lowest BCUT2D eigenvalue weighted by molar-refractivity contribution is 0.301. The van der Waals surface area contributed by atoms with E-state index in [4.69, 9.17) is 4.99 Å². The molecule has 0 atom stereocenters. The van der Waals surface area contributed by atoms with E-state index in [1.54, 1.807) is 11.3 Å². The number of hydrogen-bond acceptors (Lipinski definition) is 5. The first kappa shape index (κ1) is 17.2. The zero-order valence-corrected chi connectivity index (χ0v) is 16.4. The van der Waals surface area contributed by atoms with Crippen molar-refractivity contribution in [1.29, 1.82) is 0 Å². The number of aliphatic imine (C=N–C) groups is 1. The number of hydrogen-bond donors (Lipinski definition) is 1. The van der Waals surface area contributed by atoms with Crippen molar-refractivity contribution in [3.63, 3.8) is 0 Å². The van der Waals surface area contributed by atoms with Gasteiger partial charge in [0.15, 0.2) is 5.82 Å². The van der Waals surface area contributed by atoms with E-state index in [0.717, 1.165) is 56.0 Å². The molecule has 0 spiro atoms. The fraction of sp³-hybridized carbons (Fsp3) is 0.273. The van der Waals surface area contributed by atoms with Crippen molar-refractivity contribution in [2.24, 2.45) is 4.99 Å². The number of nitrogens with one attached hydrogen (secondary N) is 1. The van der Waals surface area contributed by atoms with Crippen LogP contribution in [0.4, 0.5) is 0 Å². The van der Waals surface area contributed by atoms with Crippen molar-refractivity contribution in [2.75, 3.05) is 26.2 Å². The number of aromatic amines is 1. The van der Waals surface area contributed by atoms with Crippen molar-refractivity contribution in [2.45, 2.75) is 13.0 Å². The molecule has 5 nitrogen and oxygen atoms in total. The third-order valence-electron chi connectivity index (χ3n) is 5.10. The normalized spacial score (nSPS) is 16.9. The molecule has 0 aliphatic carbocycles. The van der Waals surface area contributed by atoms with Gasteiger partial charge in [-0.15, -0.1) is 11.3 Å². The predicted octanol–water partition coefficient (Wildman–Crippen LogP) is 3.48. The predicted molar refractivity (Wildman–Crippen MR) is 114 cm³/mol. The highest BCUT2D eigenvalue weighted by Gasteiger charge is 2.22. The number of para-hydroxylation sites is 2. The van der Waals surface area contributed by atoms with Gasteiger partial charge in [-0.1, -0.05) is 24.1 Å². The van der Waals surface area contributed by atoms with E-state index in [1.165, 1.54) is 16.1 Å². The number of fused-ring (bicyclic) bond motifs is 1. The van der Waals surface area contributed by atoms with Crippen LogP contribution >= 0.6 is 11.3 Å². The van der Waals surface area contributed by atoms with Crippen LogP contribution in [0, 0.1) is 11.8 Å². The molecule has 140 valence electrons. The Kier molecular flexibility index (Phi) is 4.69. The number of H-pyrrole nitrogens is 1. The maximum Gasteiger partial charge on any atom is 0.183 e. The van der Waals surface area contributed by atoms with E-state index in [2.05, 4.69) is 49.1 Å². The highest BCUT2D eigenvalue weighted by molar-refractivity contribution is 7.09. The molecule has 5 rings (SSSR count). The molecule has 0 saturated carbocycles. The summed E-state index contributed by atoms with van der Waals surface area (Å²) in [6.07, 6.45) is 3.01. The van der Waals surface area contributed by atoms with Crippen LogP contribution in [-0.2, 0) is 6.54 Å². The van der Waals surface area contributed by atoms with E-state index in [-0.39, 0.29) is 0 Å². The third kappa shape index (κ3) is 3.72. The van der Waals surface area contributed by atoms with Gasteiger partial charge >= 0.3 is 0 Å². The molecule has 28 heavy (non-hydrogen) atoms. The lowest BCUT2D eigenvalue weighted by Gasteiger charge is -2.33. The molecule has 2 aliphatic rings. The summed E-state index contributed by atoms with van der Waals surface area (Å²) in [6, 6.07) is 12.3. The maximum atomic E-state index is 4.71. The summed E-state index contributed by atoms with van der Waals surface area (Å²) in [6.45, 7) is 4.61. The minimum absolute atomic E-state index is 0.738. The second kappa shape index (κ2) is 7.63. The zero-order valence-electron chi connectivity index (χ0n) is 15.6. The van der Waals surface area contributed by atoms with E-state index in [9.17, 15) is 0 Å². The van der Waals surface area contributed by atoms with Crippen molar-refractivity contribution in [3.8, 4) is 11.8 Å². The Labute approximate surface area is 168 Å². The molecule has 6 heteroatoms. The topological polar surface area (TPSA) is 47.5 Å². The van der Waals surface area contributed by atoms with Crippen LogP contribution < -0.4 is 0 Å². The van der Waals surface area contributed by atoms with Gasteiger partial charge in [-0.05, 0) is 35.1 Å². The summed E-state index contributed by atoms with van der Waals surface area (Å²) in [5, 5.41) is 2.13. The summed E-state index contributed by atoms with van der Waals surface area (Å²) >= 11 is 1.80. The Morgan fingerprint density at radius 3 is 3.00 bits per heavy atom. The molecule has 1 N–H and O–H groups in total. The highest BCUT2D eigenvalue weighted by Crippen LogP contribution is 2.23. The lowest BCUT2D eigenvalue weighted by atomic mass is 10.0. The lowest BCUT2D eigenvalue weighted by Crippen LogP contribution is -2.38. The number of nitrogens with zero attached hydrogens (tertiary/aromatic N) is 4. The third-order valence-corrected chi connectivity index (χ3v) is 5.96. The van der Waals surface area contributed by atoms with Gasteiger partial charge in [0.2, 0.25) is 0 Å². The molecular formula is C22H21N5S. The van der Waals surface area contributed by atoms with E-state index in [1.807, 2.05) is 30.6 Å². The molecule has 2 aliphatic heterocycles. The minimum Gasteiger partial charge on any atom is -0.353 e. The van der Waals surface area contributed by atoms with Crippen LogP contribution in [0.3, 0.4) is 0 Å². The molecule has 0 fully saturated rings. The fourth-order valence-corrected chi connectivity index (χ4v) is 4.43. The van der Waals surface area contributed by atoms with Gasteiger partial charge in [0.05, 0.1) is 30.5 Å². The first-order valence-corrected chi connectivity index (χ1v) is 10.4. The monoisotopic (exact) mass is 387 g/mol. The van der Waals surface area contributed by atoms with Crippen LogP contribution in [0.1, 0.15) is 17.1 Å². The minimum atomic E-state index is 0.738. The summed E-state index contributed by atoms with van der Waals surface area (Å²) < 4.78 is 0. The summed E-state index contributed by atoms with van der Waals surface area (Å²) in [7, 11) is 0. The summed E-state index contributed by atoms with van der Waals surface area (Å²) in [4.78, 5) is 18.6. The first-order chi connectivity index (χ1) is 13.8. The van der Waals surface area contributed by atoms with Crippen LogP contribution in [0.5, 0.6) is 0 Å². The number of rotatable bonds is 3. The average Bonchev–Trinajstić information content (AvgIpc) is 3.37. The maximum absolute atomic E-state index is 4.71. The Hall–Kier alpha value is -2.88. The second-order valence-electron chi connectivity index (χ2n) is 7.14. The zero-order chi connectivity index (χ0) is 18.8. The number of thiophene rings is 1. The van der Waals surface area contributed by atoms with Gasteiger partial charge in [-0.3, -0.25) is 4.90 Å². The van der Waals surface area contributed by atoms with Crippen LogP contribution in [0.15, 0.2) is 58.0 Å². The quantitative estimate of drug-likeness (QED) is 0.700. The summed E-state index contributed by atoms with van der Waals surface area (Å²) in [5.74, 6) is 7.20. The van der Waals surface area contributed by atoms with Crippen molar-refractivity contribution in [3.05, 3.63) is 63.7 Å². The van der Waals surface area contributed by atoms with Gasteiger partial charge in [-0.25, -0.2) is 9.98 Å². The average molecular weight is 388 g/mol. The fourth-order valence-electron chi connectivity index (χ4n) is 3.70. The van der Waals surface area contributed by atoms with Gasteiger partial charge in [0.25, 0.3) is 0 Å². The number of imidazole rings is 1. The molecule has 4 heterocycles. The highest BCUT2D eigenvalue weighted by atomic mass is 32.1. The Morgan fingerprint density at radius 2 is 2.11 bits per heavy atom. The molecule has 0 radical (unpaired) electrons. The number of aromatic nitrogens is 2. The molecule has 0 bridgehead atoms. The van der Waals surface area contributed by atoms with Crippen LogP contribution in [0.2, 0.25) is 0 Å². The van der Waals surface area contributed by atoms with Crippen molar-refractivity contribution in [1.82, 2.24) is 19.8 Å². The SMILES string of the molecule is C(#Cc1nc2ccccc2[nH]1)CN1CCC2=C(CN(Cc3cccs3)C=N2)C1. The first-order valence-electron chi connectivity index (χ1n) is 9.51. The van der Waals surface area contributed by atoms with E-state index >= 15 is 0 Å². The van der Waals surface area contributed by atoms with Gasteiger partial charge in [-0.2, -0.15) is 0 Å². The Balaban J connectivity index is 1.21. The second-order valence-corrected chi connectivity index (χ2v) is 8.18. The van der Waals surface area contributed by atoms with Gasteiger partial charge in [0.1, 0.15) is 0 Å². The molecule has 1 aromatic carbocycles. The Morgan fingerprint density at radius 1 is 1.14 bits per heavy atom. The summed E-state index contributed by atoms with van der Waals surface area (Å²) in [5.41, 5.74) is 4.69. The standard InChI is InChI=1S/C22H21N5S/c1-2-7-21-20(6-1)24-22(25-21)8-3-10-26-11-9-19-17(13-26)14-27(16-23-19)15-18-5-4-12-28-18/h1-2,4-7,12,16H,9-11,13-15H2,(H,24,25). The molecule has 0 unspecified atom stereocenters. The van der Waals surface area contributed by atoms with E-state index < -0.39 is 0 Å². The smallest absolute Gasteiger partial charge is 0.183 e. The molecule has 2 aromatic heterocycles. The molecule has 0 saturated heterocycles. The van der Waals surface area contributed by atoms with Gasteiger partial charge < -0.3 is 9.88 Å². The van der Waals surface area contributed by atoms with Crippen molar-refractivity contribution < 1.29 is 0 Å². The molecule has 3 aromatic rings. The largest absolute Gasteiger partial charge is 0.353 e. The number of benzene rings is 1. The molecule has 0 amide bonds.